The van der Waals surface area contributed by atoms with Crippen molar-refractivity contribution in [1.29, 1.82) is 0 Å². The summed E-state index contributed by atoms with van der Waals surface area (Å²) in [5.74, 6) is 0.761. The van der Waals surface area contributed by atoms with Crippen LogP contribution in [-0.4, -0.2) is 69.5 Å². The molecule has 5 rings (SSSR count). The van der Waals surface area contributed by atoms with Crippen LogP contribution >= 0.6 is 43.6 Å². The van der Waals surface area contributed by atoms with Crippen LogP contribution in [0.3, 0.4) is 0 Å². The van der Waals surface area contributed by atoms with E-state index in [0.717, 1.165) is 32.7 Å². The van der Waals surface area contributed by atoms with Gasteiger partial charge in [0.15, 0.2) is 5.82 Å². The number of hydrogen-bond acceptors (Lipinski definition) is 11. The average Bonchev–Trinajstić information content (AvgIpc) is 2.84. The molecule has 3 heterocycles. The molecule has 0 spiro atoms. The second kappa shape index (κ2) is 13.5. The number of halogens is 4. The van der Waals surface area contributed by atoms with E-state index in [2.05, 4.69) is 29.7 Å². The summed E-state index contributed by atoms with van der Waals surface area (Å²) < 4.78 is 63.2. The van der Waals surface area contributed by atoms with Crippen LogP contribution in [0.1, 0.15) is 11.1 Å². The minimum Gasteiger partial charge on any atom is -0.495 e. The number of fused-ring (bicyclic) bond motifs is 1. The summed E-state index contributed by atoms with van der Waals surface area (Å²) in [6.45, 7) is 6.24. The van der Waals surface area contributed by atoms with Crippen LogP contribution in [0.25, 0.3) is 0 Å². The van der Waals surface area contributed by atoms with Gasteiger partial charge in [-0.2, -0.15) is 13.4 Å². The van der Waals surface area contributed by atoms with Gasteiger partial charge in [-0.15, -0.1) is 24.8 Å². The van der Waals surface area contributed by atoms with E-state index in [1.54, 1.807) is 7.11 Å². The van der Waals surface area contributed by atoms with Gasteiger partial charge in [-0.05, 0) is 61.2 Å². The van der Waals surface area contributed by atoms with Crippen LogP contribution in [0.2, 0.25) is 5.02 Å². The van der Waals surface area contributed by atoms with Crippen LogP contribution in [0, 0.1) is 0 Å². The monoisotopic (exact) mass is 683 g/mol. The lowest BCUT2D eigenvalue weighted by atomic mass is 9.97. The maximum absolute atomic E-state index is 13.1. The first kappa shape index (κ1) is 34.1. The Hall–Kier alpha value is -2.38. The molecule has 2 aromatic carbocycles. The minimum absolute atomic E-state index is 0. The Balaban J connectivity index is 0.00000242. The molecule has 2 aliphatic heterocycles. The minimum atomic E-state index is -5.25. The largest absolute Gasteiger partial charge is 0.495 e. The number of anilines is 4. The number of methoxy groups -OCH3 is 1. The molecule has 42 heavy (non-hydrogen) atoms. The van der Waals surface area contributed by atoms with E-state index in [9.17, 15) is 16.9 Å². The van der Waals surface area contributed by atoms with E-state index >= 15 is 0 Å². The molecule has 17 heteroatoms. The van der Waals surface area contributed by atoms with E-state index in [1.165, 1.54) is 48.9 Å². The van der Waals surface area contributed by atoms with Crippen LogP contribution in [-0.2, 0) is 32.8 Å². The van der Waals surface area contributed by atoms with Crippen molar-refractivity contribution in [3.63, 3.8) is 0 Å². The number of aromatic nitrogens is 2. The molecule has 230 valence electrons. The summed E-state index contributed by atoms with van der Waals surface area (Å²) in [7, 11) is -6.64. The molecule has 11 nitrogen and oxygen atoms in total. The molecule has 0 atom stereocenters. The fraction of sp³-hybridized carbons (Fsp3) is 0.360. The zero-order valence-corrected chi connectivity index (χ0v) is 26.9. The molecule has 0 amide bonds. The highest BCUT2D eigenvalue weighted by atomic mass is 35.5. The Morgan fingerprint density at radius 2 is 1.86 bits per heavy atom. The second-order valence-corrected chi connectivity index (χ2v) is 14.4. The molecule has 1 saturated heterocycles. The van der Waals surface area contributed by atoms with Gasteiger partial charge in [-0.25, -0.2) is 4.98 Å². The van der Waals surface area contributed by atoms with Gasteiger partial charge in [-0.1, -0.05) is 15.5 Å². The Bertz CT molecular complexity index is 1610. The van der Waals surface area contributed by atoms with Crippen molar-refractivity contribution in [3.05, 3.63) is 52.7 Å². The number of nitrogens with zero attached hydrogens (tertiary/aromatic N) is 3. The molecule has 0 saturated carbocycles. The Morgan fingerprint density at radius 3 is 2.48 bits per heavy atom. The summed E-state index contributed by atoms with van der Waals surface area (Å²) in [5, 5.41) is 6.64. The smallest absolute Gasteiger partial charge is 0.488 e. The van der Waals surface area contributed by atoms with Crippen LogP contribution in [0.5, 0.6) is 11.5 Å². The number of benzene rings is 2. The Kier molecular flexibility index (Phi) is 11.0. The molecular formula is C25H30Cl3FN5O6PS. The maximum atomic E-state index is 13.1. The lowest BCUT2D eigenvalue weighted by molar-refractivity contribution is -0.0695. The predicted octanol–water partition coefficient (Wildman–Crippen LogP) is 5.07. The van der Waals surface area contributed by atoms with Gasteiger partial charge in [0.1, 0.15) is 23.7 Å². The second-order valence-electron chi connectivity index (χ2n) is 9.88. The Labute approximate surface area is 261 Å². The van der Waals surface area contributed by atoms with E-state index in [-0.39, 0.29) is 52.7 Å². The highest BCUT2D eigenvalue weighted by Crippen LogP contribution is 2.41. The summed E-state index contributed by atoms with van der Waals surface area (Å²) >= 11 is 6.37. The summed E-state index contributed by atoms with van der Waals surface area (Å²) in [4.78, 5) is 11.2. The van der Waals surface area contributed by atoms with Crippen molar-refractivity contribution in [2.75, 3.05) is 50.8 Å². The van der Waals surface area contributed by atoms with Crippen LogP contribution < -0.4 is 24.9 Å². The van der Waals surface area contributed by atoms with Crippen molar-refractivity contribution in [1.82, 2.24) is 14.9 Å². The molecule has 2 aliphatic rings. The fourth-order valence-corrected chi connectivity index (χ4v) is 6.23. The van der Waals surface area contributed by atoms with Crippen molar-refractivity contribution in [3.8, 4) is 11.5 Å². The van der Waals surface area contributed by atoms with Crippen molar-refractivity contribution >= 4 is 82.5 Å². The highest BCUT2D eigenvalue weighted by Gasteiger charge is 2.29. The van der Waals surface area contributed by atoms with E-state index in [4.69, 9.17) is 21.1 Å². The maximum Gasteiger partial charge on any atom is 0.488 e. The van der Waals surface area contributed by atoms with E-state index in [0.29, 0.717) is 23.2 Å². The van der Waals surface area contributed by atoms with Crippen LogP contribution in [0.15, 0.2) is 36.5 Å². The molecule has 3 aromatic rings. The molecule has 0 radical (unpaired) electrons. The molecule has 0 bridgehead atoms. The summed E-state index contributed by atoms with van der Waals surface area (Å²) in [5.41, 5.74) is 3.41. The molecule has 0 aliphatic carbocycles. The van der Waals surface area contributed by atoms with Gasteiger partial charge < -0.3 is 28.9 Å². The van der Waals surface area contributed by atoms with E-state index in [1.807, 2.05) is 12.1 Å². The van der Waals surface area contributed by atoms with Gasteiger partial charge in [0, 0.05) is 18.4 Å². The first-order chi connectivity index (χ1) is 18.9. The SMILES string of the molecule is COc1cc2c(cc1Nc1ncc(Cl)c(Nc3ccc(OS(=O)(=O)F)cc3P(C)(C)=O)n1)CN(C1COC1)CC2.Cl.Cl. The summed E-state index contributed by atoms with van der Waals surface area (Å²) in [6, 6.07) is 8.33. The molecule has 0 unspecified atom stereocenters. The van der Waals surface area contributed by atoms with Gasteiger partial charge in [0.2, 0.25) is 5.95 Å². The van der Waals surface area contributed by atoms with E-state index < -0.39 is 17.6 Å². The number of ether oxygens (including phenoxy) is 2. The molecular weight excluding hydrogens is 655 g/mol. The predicted molar refractivity (Wildman–Crippen MR) is 166 cm³/mol. The third kappa shape index (κ3) is 7.96. The first-order valence-corrected chi connectivity index (χ1v) is 16.6. The summed E-state index contributed by atoms with van der Waals surface area (Å²) in [6.07, 6.45) is 2.32. The molecule has 2 N–H and O–H groups in total. The number of hydrogen-bond donors (Lipinski definition) is 2. The standard InChI is InChI=1S/C25H28ClFN5O6PS.2ClH/c1-36-22-9-15-6-7-32(17-13-37-14-17)12-16(15)8-21(22)30-25-28-11-19(26)24(31-25)29-20-5-4-18(38-40(27,34)35)10-23(20)39(2,3)33;;/h4-5,8-11,17H,6-7,12-14H2,1-3H3,(H2,28,29,30,31);2*1H. The third-order valence-electron chi connectivity index (χ3n) is 6.69. The lowest BCUT2D eigenvalue weighted by Gasteiger charge is -2.40. The van der Waals surface area contributed by atoms with Gasteiger partial charge in [-0.3, -0.25) is 4.90 Å². The zero-order valence-electron chi connectivity index (χ0n) is 22.8. The van der Waals surface area contributed by atoms with Crippen LogP contribution in [0.4, 0.5) is 27.0 Å². The topological polar surface area (TPSA) is 132 Å². The zero-order chi connectivity index (χ0) is 28.7. The molecule has 1 aromatic heterocycles. The Morgan fingerprint density at radius 1 is 1.12 bits per heavy atom. The van der Waals surface area contributed by atoms with Crippen molar-refractivity contribution in [2.24, 2.45) is 0 Å². The molecule has 1 fully saturated rings. The number of rotatable bonds is 9. The van der Waals surface area contributed by atoms with Gasteiger partial charge in [0.25, 0.3) is 0 Å². The highest BCUT2D eigenvalue weighted by molar-refractivity contribution is 7.81. The quantitative estimate of drug-likeness (QED) is 0.231. The average molecular weight is 685 g/mol. The van der Waals surface area contributed by atoms with Gasteiger partial charge in [0.05, 0.1) is 43.9 Å². The third-order valence-corrected chi connectivity index (χ3v) is 8.89. The number of nitrogens with one attached hydrogen (secondary N) is 2. The van der Waals surface area contributed by atoms with Gasteiger partial charge >= 0.3 is 10.5 Å². The lowest BCUT2D eigenvalue weighted by Crippen LogP contribution is -2.50. The van der Waals surface area contributed by atoms with Crippen molar-refractivity contribution in [2.45, 2.75) is 19.0 Å². The van der Waals surface area contributed by atoms with Crippen molar-refractivity contribution < 1.29 is 30.5 Å². The normalized spacial score (nSPS) is 15.4. The fourth-order valence-electron chi connectivity index (χ4n) is 4.61. The first-order valence-electron chi connectivity index (χ1n) is 12.3.